The fourth-order valence-electron chi connectivity index (χ4n) is 4.21. The normalized spacial score (nSPS) is 16.4. The van der Waals surface area contributed by atoms with Crippen molar-refractivity contribution in [2.75, 3.05) is 61.2 Å². The number of fused-ring (bicyclic) bond motifs is 1. The number of aromatic nitrogens is 1. The molecule has 1 aromatic carbocycles. The molecule has 0 amide bonds. The quantitative estimate of drug-likeness (QED) is 0.296. The van der Waals surface area contributed by atoms with Crippen LogP contribution in [0.5, 0.6) is 11.5 Å². The van der Waals surface area contributed by atoms with Crippen LogP contribution in [0.2, 0.25) is 0 Å². The molecule has 1 aliphatic heterocycles. The fraction of sp³-hybridized carbons (Fsp3) is 0.625. The highest BCUT2D eigenvalue weighted by Gasteiger charge is 2.34. The largest absolute Gasteiger partial charge is 0.497 e. The summed E-state index contributed by atoms with van der Waals surface area (Å²) in [6, 6.07) is 6.09. The Morgan fingerprint density at radius 1 is 1.16 bits per heavy atom. The van der Waals surface area contributed by atoms with Crippen molar-refractivity contribution in [1.82, 2.24) is 20.5 Å². The van der Waals surface area contributed by atoms with Gasteiger partial charge in [-0.15, -0.1) is 0 Å². The van der Waals surface area contributed by atoms with Crippen molar-refractivity contribution in [2.45, 2.75) is 38.1 Å². The van der Waals surface area contributed by atoms with Crippen LogP contribution in [0.25, 0.3) is 10.9 Å². The van der Waals surface area contributed by atoms with Crippen LogP contribution in [-0.2, 0) is 11.2 Å². The second kappa shape index (κ2) is 11.4. The summed E-state index contributed by atoms with van der Waals surface area (Å²) in [5.74, 6) is 2.49. The fourth-order valence-corrected chi connectivity index (χ4v) is 4.21. The van der Waals surface area contributed by atoms with Gasteiger partial charge in [-0.2, -0.15) is 0 Å². The van der Waals surface area contributed by atoms with Gasteiger partial charge in [0.15, 0.2) is 5.96 Å². The van der Waals surface area contributed by atoms with Gasteiger partial charge in [-0.3, -0.25) is 4.99 Å². The molecule has 3 rings (SSSR count). The number of benzene rings is 1. The first kappa shape index (κ1) is 24.2. The van der Waals surface area contributed by atoms with Crippen LogP contribution in [0.3, 0.4) is 0 Å². The third kappa shape index (κ3) is 5.86. The average molecular weight is 446 g/mol. The van der Waals surface area contributed by atoms with Crippen LogP contribution in [0.15, 0.2) is 23.2 Å². The van der Waals surface area contributed by atoms with Crippen molar-refractivity contribution in [3.63, 3.8) is 0 Å². The van der Waals surface area contributed by atoms with E-state index in [0.717, 1.165) is 86.9 Å². The minimum absolute atomic E-state index is 0.0745. The Labute approximate surface area is 191 Å². The zero-order valence-electron chi connectivity index (χ0n) is 20.2. The SMILES string of the molecule is CCNC(=NCC1(N(C)C)CCOCC1)NCCCc1cc2c(OC)cc(OC)cc2[nH]1. The number of guanidine groups is 1. The number of hydrogen-bond acceptors (Lipinski definition) is 5. The monoisotopic (exact) mass is 445 g/mol. The molecule has 3 N–H and O–H groups in total. The maximum absolute atomic E-state index is 5.58. The van der Waals surface area contributed by atoms with E-state index >= 15 is 0 Å². The molecule has 0 unspecified atom stereocenters. The molecule has 0 bridgehead atoms. The smallest absolute Gasteiger partial charge is 0.191 e. The van der Waals surface area contributed by atoms with Crippen LogP contribution < -0.4 is 20.1 Å². The molecule has 8 nitrogen and oxygen atoms in total. The van der Waals surface area contributed by atoms with Crippen LogP contribution in [0.4, 0.5) is 0 Å². The summed E-state index contributed by atoms with van der Waals surface area (Å²) in [6.45, 7) is 6.16. The lowest BCUT2D eigenvalue weighted by Crippen LogP contribution is -2.51. The van der Waals surface area contributed by atoms with Crippen molar-refractivity contribution in [3.05, 3.63) is 23.9 Å². The first-order valence-corrected chi connectivity index (χ1v) is 11.5. The van der Waals surface area contributed by atoms with E-state index in [1.165, 1.54) is 5.69 Å². The van der Waals surface area contributed by atoms with E-state index in [9.17, 15) is 0 Å². The molecule has 178 valence electrons. The summed E-state index contributed by atoms with van der Waals surface area (Å²) in [4.78, 5) is 10.7. The van der Waals surface area contributed by atoms with Crippen LogP contribution >= 0.6 is 0 Å². The van der Waals surface area contributed by atoms with Gasteiger partial charge in [0.1, 0.15) is 11.5 Å². The number of likely N-dealkylation sites (N-methyl/N-ethyl adjacent to an activating group) is 1. The summed E-state index contributed by atoms with van der Waals surface area (Å²) in [5.41, 5.74) is 2.29. The van der Waals surface area contributed by atoms with Gasteiger partial charge in [0.2, 0.25) is 0 Å². The first-order chi connectivity index (χ1) is 15.5. The highest BCUT2D eigenvalue weighted by atomic mass is 16.5. The summed E-state index contributed by atoms with van der Waals surface area (Å²) in [5, 5.41) is 7.95. The Morgan fingerprint density at radius 3 is 2.59 bits per heavy atom. The van der Waals surface area contributed by atoms with Gasteiger partial charge < -0.3 is 34.7 Å². The zero-order valence-corrected chi connectivity index (χ0v) is 20.2. The topological polar surface area (TPSA) is 83.1 Å². The summed E-state index contributed by atoms with van der Waals surface area (Å²) in [7, 11) is 7.65. The summed E-state index contributed by atoms with van der Waals surface area (Å²) >= 11 is 0. The molecule has 0 atom stereocenters. The van der Waals surface area contributed by atoms with Crippen molar-refractivity contribution in [2.24, 2.45) is 4.99 Å². The molecule has 0 radical (unpaired) electrons. The lowest BCUT2D eigenvalue weighted by atomic mass is 9.89. The van der Waals surface area contributed by atoms with Gasteiger partial charge in [-0.1, -0.05) is 0 Å². The highest BCUT2D eigenvalue weighted by molar-refractivity contribution is 5.88. The van der Waals surface area contributed by atoms with E-state index in [4.69, 9.17) is 19.2 Å². The Balaban J connectivity index is 1.57. The Hall–Kier alpha value is -2.45. The number of methoxy groups -OCH3 is 2. The third-order valence-corrected chi connectivity index (χ3v) is 6.35. The Kier molecular flexibility index (Phi) is 8.64. The Morgan fingerprint density at radius 2 is 1.94 bits per heavy atom. The number of aryl methyl sites for hydroxylation is 1. The predicted octanol–water partition coefficient (Wildman–Crippen LogP) is 2.78. The van der Waals surface area contributed by atoms with Gasteiger partial charge in [-0.05, 0) is 52.8 Å². The number of aliphatic imine (C=N–C) groups is 1. The maximum atomic E-state index is 5.58. The van der Waals surface area contributed by atoms with Gasteiger partial charge >= 0.3 is 0 Å². The number of rotatable bonds is 10. The minimum atomic E-state index is 0.0745. The number of aromatic amines is 1. The molecule has 8 heteroatoms. The molecule has 1 fully saturated rings. The average Bonchev–Trinajstić information content (AvgIpc) is 3.22. The van der Waals surface area contributed by atoms with Crippen LogP contribution in [0.1, 0.15) is 31.9 Å². The highest BCUT2D eigenvalue weighted by Crippen LogP contribution is 2.31. The van der Waals surface area contributed by atoms with Gasteiger partial charge in [0, 0.05) is 55.1 Å². The molecule has 2 heterocycles. The number of H-pyrrole nitrogens is 1. The van der Waals surface area contributed by atoms with E-state index in [1.54, 1.807) is 14.2 Å². The Bertz CT molecular complexity index is 887. The van der Waals surface area contributed by atoms with E-state index in [2.05, 4.69) is 47.6 Å². The molecule has 1 aliphatic rings. The second-order valence-electron chi connectivity index (χ2n) is 8.54. The van der Waals surface area contributed by atoms with Gasteiger partial charge in [0.25, 0.3) is 0 Å². The standard InChI is InChI=1S/C24H39N5O3/c1-6-25-23(27-17-24(29(2)3)9-12-32-13-10-24)26-11-7-8-18-14-20-21(28-18)15-19(30-4)16-22(20)31-5/h14-16,28H,6-13,17H2,1-5H3,(H2,25,26,27). The van der Waals surface area contributed by atoms with Crippen molar-refractivity contribution < 1.29 is 14.2 Å². The summed E-state index contributed by atoms with van der Waals surface area (Å²) < 4.78 is 16.5. The summed E-state index contributed by atoms with van der Waals surface area (Å²) in [6.07, 6.45) is 3.95. The van der Waals surface area contributed by atoms with E-state index < -0.39 is 0 Å². The molecule has 32 heavy (non-hydrogen) atoms. The third-order valence-electron chi connectivity index (χ3n) is 6.35. The number of nitrogens with one attached hydrogen (secondary N) is 3. The lowest BCUT2D eigenvalue weighted by Gasteiger charge is -2.41. The first-order valence-electron chi connectivity index (χ1n) is 11.5. The maximum Gasteiger partial charge on any atom is 0.191 e. The number of ether oxygens (including phenoxy) is 3. The molecular weight excluding hydrogens is 406 g/mol. The predicted molar refractivity (Wildman–Crippen MR) is 130 cm³/mol. The van der Waals surface area contributed by atoms with Crippen LogP contribution in [0, 0.1) is 0 Å². The number of hydrogen-bond donors (Lipinski definition) is 3. The molecular formula is C24H39N5O3. The van der Waals surface area contributed by atoms with Gasteiger partial charge in [-0.25, -0.2) is 0 Å². The van der Waals surface area contributed by atoms with E-state index in [1.807, 2.05) is 12.1 Å². The van der Waals surface area contributed by atoms with Crippen molar-refractivity contribution in [1.29, 1.82) is 0 Å². The number of nitrogens with zero attached hydrogens (tertiary/aromatic N) is 2. The lowest BCUT2D eigenvalue weighted by molar-refractivity contribution is -0.00254. The minimum Gasteiger partial charge on any atom is -0.497 e. The molecule has 2 aromatic rings. The zero-order chi connectivity index (χ0) is 23.0. The molecule has 0 saturated carbocycles. The molecule has 1 saturated heterocycles. The molecule has 0 aliphatic carbocycles. The van der Waals surface area contributed by atoms with Crippen molar-refractivity contribution >= 4 is 16.9 Å². The van der Waals surface area contributed by atoms with E-state index in [0.29, 0.717) is 0 Å². The van der Waals surface area contributed by atoms with Gasteiger partial charge in [0.05, 0.1) is 26.3 Å². The molecule has 1 aromatic heterocycles. The molecule has 0 spiro atoms. The van der Waals surface area contributed by atoms with Crippen molar-refractivity contribution in [3.8, 4) is 11.5 Å². The van der Waals surface area contributed by atoms with Crippen LogP contribution in [-0.4, -0.2) is 82.5 Å². The second-order valence-corrected chi connectivity index (χ2v) is 8.54. The van der Waals surface area contributed by atoms with E-state index in [-0.39, 0.29) is 5.54 Å².